The SMILES string of the molecule is CC(N)Cc1ccc(Cl)cc1N(CC1CC1)CC1CC1. The molecule has 0 aliphatic heterocycles. The van der Waals surface area contributed by atoms with Crippen molar-refractivity contribution in [1.29, 1.82) is 0 Å². The van der Waals surface area contributed by atoms with E-state index in [0.29, 0.717) is 0 Å². The van der Waals surface area contributed by atoms with E-state index in [1.54, 1.807) is 0 Å². The topological polar surface area (TPSA) is 29.3 Å². The summed E-state index contributed by atoms with van der Waals surface area (Å²) in [6.45, 7) is 4.47. The van der Waals surface area contributed by atoms with Crippen molar-refractivity contribution in [3.63, 3.8) is 0 Å². The number of rotatable bonds is 7. The summed E-state index contributed by atoms with van der Waals surface area (Å²) >= 11 is 6.24. The van der Waals surface area contributed by atoms with Gasteiger partial charge in [0.25, 0.3) is 0 Å². The highest BCUT2D eigenvalue weighted by Gasteiger charge is 2.30. The molecule has 2 fully saturated rings. The van der Waals surface area contributed by atoms with Crippen molar-refractivity contribution in [1.82, 2.24) is 0 Å². The van der Waals surface area contributed by atoms with Crippen LogP contribution in [0.5, 0.6) is 0 Å². The van der Waals surface area contributed by atoms with Crippen molar-refractivity contribution < 1.29 is 0 Å². The molecule has 1 aromatic carbocycles. The number of halogens is 1. The second-order valence-corrected chi connectivity index (χ2v) is 7.18. The molecule has 0 bridgehead atoms. The third kappa shape index (κ3) is 3.89. The van der Waals surface area contributed by atoms with Crippen LogP contribution in [0.3, 0.4) is 0 Å². The summed E-state index contributed by atoms with van der Waals surface area (Å²) in [5, 5.41) is 0.838. The van der Waals surface area contributed by atoms with Crippen molar-refractivity contribution in [3.05, 3.63) is 28.8 Å². The van der Waals surface area contributed by atoms with Gasteiger partial charge >= 0.3 is 0 Å². The number of anilines is 1. The fourth-order valence-electron chi connectivity index (χ4n) is 2.85. The van der Waals surface area contributed by atoms with Gasteiger partial charge in [0, 0.05) is 29.8 Å². The zero-order valence-electron chi connectivity index (χ0n) is 12.3. The Labute approximate surface area is 127 Å². The maximum absolute atomic E-state index is 6.24. The van der Waals surface area contributed by atoms with Crippen molar-refractivity contribution in [2.45, 2.75) is 45.1 Å². The molecule has 0 amide bonds. The fourth-order valence-corrected chi connectivity index (χ4v) is 3.01. The van der Waals surface area contributed by atoms with Gasteiger partial charge in [-0.1, -0.05) is 17.7 Å². The number of nitrogens with two attached hydrogens (primary N) is 1. The predicted octanol–water partition coefficient (Wildman–Crippen LogP) is 3.86. The Morgan fingerprint density at radius 2 is 1.80 bits per heavy atom. The largest absolute Gasteiger partial charge is 0.371 e. The Hall–Kier alpha value is -0.730. The summed E-state index contributed by atoms with van der Waals surface area (Å²) in [7, 11) is 0. The van der Waals surface area contributed by atoms with Crippen molar-refractivity contribution >= 4 is 17.3 Å². The molecule has 1 atom stereocenters. The van der Waals surface area contributed by atoms with E-state index >= 15 is 0 Å². The lowest BCUT2D eigenvalue weighted by molar-refractivity contribution is 0.669. The smallest absolute Gasteiger partial charge is 0.0426 e. The van der Waals surface area contributed by atoms with Crippen LogP contribution in [0.4, 0.5) is 5.69 Å². The van der Waals surface area contributed by atoms with Gasteiger partial charge in [0.15, 0.2) is 0 Å². The molecule has 0 spiro atoms. The average molecular weight is 293 g/mol. The lowest BCUT2D eigenvalue weighted by Crippen LogP contribution is -2.30. The highest BCUT2D eigenvalue weighted by atomic mass is 35.5. The molecule has 2 aliphatic rings. The normalized spacial score (nSPS) is 19.9. The molecule has 0 heterocycles. The van der Waals surface area contributed by atoms with Crippen molar-refractivity contribution in [3.8, 4) is 0 Å². The van der Waals surface area contributed by atoms with E-state index in [-0.39, 0.29) is 6.04 Å². The van der Waals surface area contributed by atoms with Crippen LogP contribution in [0.25, 0.3) is 0 Å². The molecule has 20 heavy (non-hydrogen) atoms. The first kappa shape index (κ1) is 14.2. The van der Waals surface area contributed by atoms with Crippen molar-refractivity contribution in [2.75, 3.05) is 18.0 Å². The van der Waals surface area contributed by atoms with Gasteiger partial charge in [-0.15, -0.1) is 0 Å². The summed E-state index contributed by atoms with van der Waals surface area (Å²) in [5.41, 5.74) is 8.69. The summed E-state index contributed by atoms with van der Waals surface area (Å²) in [6.07, 6.45) is 6.50. The Bertz CT molecular complexity index is 450. The number of benzene rings is 1. The molecule has 3 rings (SSSR count). The monoisotopic (exact) mass is 292 g/mol. The van der Waals surface area contributed by atoms with Crippen LogP contribution in [0, 0.1) is 11.8 Å². The highest BCUT2D eigenvalue weighted by Crippen LogP contribution is 2.37. The lowest BCUT2D eigenvalue weighted by atomic mass is 10.0. The third-order valence-electron chi connectivity index (χ3n) is 4.28. The van der Waals surface area contributed by atoms with Gasteiger partial charge in [0.2, 0.25) is 0 Å². The van der Waals surface area contributed by atoms with E-state index in [9.17, 15) is 0 Å². The minimum absolute atomic E-state index is 0.193. The molecule has 2 aliphatic carbocycles. The average Bonchev–Trinajstić information content (AvgIpc) is 3.25. The Morgan fingerprint density at radius 3 is 2.30 bits per heavy atom. The minimum Gasteiger partial charge on any atom is -0.371 e. The quantitative estimate of drug-likeness (QED) is 0.827. The second-order valence-electron chi connectivity index (χ2n) is 6.75. The third-order valence-corrected chi connectivity index (χ3v) is 4.52. The number of hydrogen-bond acceptors (Lipinski definition) is 2. The first-order valence-electron chi connectivity index (χ1n) is 7.91. The van der Waals surface area contributed by atoms with Crippen LogP contribution >= 0.6 is 11.6 Å². The van der Waals surface area contributed by atoms with Crippen LogP contribution < -0.4 is 10.6 Å². The maximum Gasteiger partial charge on any atom is 0.0426 e. The first-order chi connectivity index (χ1) is 9.61. The highest BCUT2D eigenvalue weighted by molar-refractivity contribution is 6.30. The van der Waals surface area contributed by atoms with Gasteiger partial charge in [0.05, 0.1) is 0 Å². The van der Waals surface area contributed by atoms with E-state index in [2.05, 4.69) is 24.0 Å². The van der Waals surface area contributed by atoms with E-state index in [4.69, 9.17) is 17.3 Å². The van der Waals surface area contributed by atoms with E-state index in [1.165, 1.54) is 50.0 Å². The summed E-state index contributed by atoms with van der Waals surface area (Å²) in [5.74, 6) is 1.80. The predicted molar refractivity (Wildman–Crippen MR) is 86.5 cm³/mol. The van der Waals surface area contributed by atoms with Gasteiger partial charge < -0.3 is 10.6 Å². The second kappa shape index (κ2) is 5.95. The van der Waals surface area contributed by atoms with Gasteiger partial charge in [-0.25, -0.2) is 0 Å². The molecule has 3 heteroatoms. The van der Waals surface area contributed by atoms with E-state index in [1.807, 2.05) is 6.07 Å². The van der Waals surface area contributed by atoms with Crippen molar-refractivity contribution in [2.24, 2.45) is 17.6 Å². The van der Waals surface area contributed by atoms with Gasteiger partial charge in [-0.2, -0.15) is 0 Å². The molecule has 2 N–H and O–H groups in total. The van der Waals surface area contributed by atoms with Gasteiger partial charge in [-0.3, -0.25) is 0 Å². The Balaban J connectivity index is 1.83. The molecule has 1 aromatic rings. The number of hydrogen-bond donors (Lipinski definition) is 1. The molecular weight excluding hydrogens is 268 g/mol. The van der Waals surface area contributed by atoms with Gasteiger partial charge in [-0.05, 0) is 68.6 Å². The zero-order chi connectivity index (χ0) is 14.1. The molecule has 110 valence electrons. The summed E-state index contributed by atoms with van der Waals surface area (Å²) in [6, 6.07) is 6.49. The standard InChI is InChI=1S/C17H25ClN2/c1-12(19)8-15-6-7-16(18)9-17(15)20(10-13-2-3-13)11-14-4-5-14/h6-7,9,12-14H,2-5,8,10-11,19H2,1H3. The minimum atomic E-state index is 0.193. The van der Waals surface area contributed by atoms with E-state index < -0.39 is 0 Å². The lowest BCUT2D eigenvalue weighted by Gasteiger charge is -2.28. The summed E-state index contributed by atoms with van der Waals surface area (Å²) < 4.78 is 0. The van der Waals surface area contributed by atoms with Crippen LogP contribution in [-0.2, 0) is 6.42 Å². The van der Waals surface area contributed by atoms with Crippen LogP contribution in [0.1, 0.15) is 38.2 Å². The van der Waals surface area contributed by atoms with Crippen LogP contribution in [0.2, 0.25) is 5.02 Å². The Kier molecular flexibility index (Phi) is 4.23. The molecule has 0 aromatic heterocycles. The van der Waals surface area contributed by atoms with Crippen LogP contribution in [-0.4, -0.2) is 19.1 Å². The van der Waals surface area contributed by atoms with Gasteiger partial charge in [0.1, 0.15) is 0 Å². The Morgan fingerprint density at radius 1 is 1.20 bits per heavy atom. The molecule has 1 unspecified atom stereocenters. The van der Waals surface area contributed by atoms with E-state index in [0.717, 1.165) is 23.3 Å². The molecule has 0 radical (unpaired) electrons. The fraction of sp³-hybridized carbons (Fsp3) is 0.647. The first-order valence-corrected chi connectivity index (χ1v) is 8.28. The number of nitrogens with zero attached hydrogens (tertiary/aromatic N) is 1. The molecule has 2 saturated carbocycles. The molecular formula is C17H25ClN2. The summed E-state index contributed by atoms with van der Waals surface area (Å²) in [4.78, 5) is 2.58. The van der Waals surface area contributed by atoms with Crippen LogP contribution in [0.15, 0.2) is 18.2 Å². The zero-order valence-corrected chi connectivity index (χ0v) is 13.1. The molecule has 2 nitrogen and oxygen atoms in total. The molecule has 0 saturated heterocycles. The maximum atomic E-state index is 6.24.